The van der Waals surface area contributed by atoms with Gasteiger partial charge >= 0.3 is 5.97 Å². The Morgan fingerprint density at radius 3 is 1.88 bits per heavy atom. The van der Waals surface area contributed by atoms with E-state index in [1.165, 1.54) is 0 Å². The molecule has 0 bridgehead atoms. The number of esters is 1. The van der Waals surface area contributed by atoms with E-state index < -0.39 is 10.8 Å². The molecule has 144 valence electrons. The van der Waals surface area contributed by atoms with Crippen LogP contribution in [0.1, 0.15) is 53.9 Å². The van der Waals surface area contributed by atoms with E-state index in [-0.39, 0.29) is 18.2 Å². The van der Waals surface area contributed by atoms with Crippen LogP contribution in [0.2, 0.25) is 0 Å². The molecule has 26 heavy (non-hydrogen) atoms. The van der Waals surface area contributed by atoms with Gasteiger partial charge in [0.25, 0.3) is 0 Å². The zero-order valence-electron chi connectivity index (χ0n) is 16.1. The predicted molar refractivity (Wildman–Crippen MR) is 96.7 cm³/mol. The second-order valence-electron chi connectivity index (χ2n) is 6.66. The van der Waals surface area contributed by atoms with Gasteiger partial charge in [-0.05, 0) is 44.7 Å². The molecule has 0 unspecified atom stereocenters. The quantitative estimate of drug-likeness (QED) is 0.241. The Morgan fingerprint density at radius 2 is 1.50 bits per heavy atom. The summed E-state index contributed by atoms with van der Waals surface area (Å²) in [4.78, 5) is 27.8. The van der Waals surface area contributed by atoms with E-state index in [1.807, 2.05) is 6.07 Å². The Bertz CT molecular complexity index is 595. The van der Waals surface area contributed by atoms with Crippen LogP contribution in [-0.2, 0) is 14.3 Å². The van der Waals surface area contributed by atoms with Gasteiger partial charge < -0.3 is 4.74 Å². The van der Waals surface area contributed by atoms with Crippen LogP contribution in [-0.4, -0.2) is 31.4 Å². The molecule has 0 aliphatic rings. The first-order chi connectivity index (χ1) is 12.1. The van der Waals surface area contributed by atoms with E-state index in [9.17, 15) is 9.59 Å². The van der Waals surface area contributed by atoms with Crippen LogP contribution in [0.25, 0.3) is 20.9 Å². The van der Waals surface area contributed by atoms with Crippen molar-refractivity contribution in [1.29, 1.82) is 5.26 Å². The molecule has 0 spiro atoms. The summed E-state index contributed by atoms with van der Waals surface area (Å²) >= 11 is 0. The number of hydrogen-bond acceptors (Lipinski definition) is 6. The number of hydrogen-bond donors (Lipinski definition) is 0. The predicted octanol–water partition coefficient (Wildman–Crippen LogP) is 4.47. The molecule has 0 amide bonds. The molecule has 0 aromatic heterocycles. The van der Waals surface area contributed by atoms with Crippen molar-refractivity contribution in [3.05, 3.63) is 20.9 Å². The van der Waals surface area contributed by atoms with Gasteiger partial charge in [0.15, 0.2) is 5.78 Å². The lowest BCUT2D eigenvalue weighted by atomic mass is 9.83. The van der Waals surface area contributed by atoms with Gasteiger partial charge in [0.2, 0.25) is 0 Å². The molecular formula is C16H27N7O3. The molecule has 0 rings (SSSR count). The monoisotopic (exact) mass is 365 g/mol. The first-order valence-corrected chi connectivity index (χ1v) is 8.18. The molecule has 0 aliphatic heterocycles. The Kier molecular flexibility index (Phi) is 13.3. The van der Waals surface area contributed by atoms with Gasteiger partial charge in [-0.3, -0.25) is 9.59 Å². The summed E-state index contributed by atoms with van der Waals surface area (Å²) in [5.41, 5.74) is 14.9. The number of nitriles is 1. The summed E-state index contributed by atoms with van der Waals surface area (Å²) in [5, 5.41) is 15.0. The number of ketones is 1. The summed E-state index contributed by atoms with van der Waals surface area (Å²) in [7, 11) is 0. The van der Waals surface area contributed by atoms with Crippen molar-refractivity contribution in [2.45, 2.75) is 53.9 Å². The van der Waals surface area contributed by atoms with Gasteiger partial charge in [0.05, 0.1) is 24.5 Å². The van der Waals surface area contributed by atoms with Crippen LogP contribution in [0.4, 0.5) is 0 Å². The summed E-state index contributed by atoms with van der Waals surface area (Å²) in [6.45, 7) is 9.81. The second kappa shape index (κ2) is 13.5. The molecule has 10 nitrogen and oxygen atoms in total. The average molecular weight is 365 g/mol. The number of carbonyl (C=O) groups is 2. The minimum atomic E-state index is -0.566. The molecule has 0 radical (unpaired) electrons. The highest BCUT2D eigenvalue weighted by atomic mass is 16.5. The van der Waals surface area contributed by atoms with Crippen LogP contribution in [0, 0.1) is 22.2 Å². The first-order valence-electron chi connectivity index (χ1n) is 8.18. The molecule has 10 heteroatoms. The minimum absolute atomic E-state index is 0.0801. The van der Waals surface area contributed by atoms with E-state index in [4.69, 9.17) is 21.1 Å². The Morgan fingerprint density at radius 1 is 1.04 bits per heavy atom. The fourth-order valence-corrected chi connectivity index (χ4v) is 1.63. The zero-order valence-corrected chi connectivity index (χ0v) is 16.1. The van der Waals surface area contributed by atoms with Crippen LogP contribution in [0.15, 0.2) is 10.2 Å². The standard InChI is InChI=1S/C8H12N4O.C8H15N3O2/c1-8(2,4-6-11-12-10)7(13)3-5-9;1-4-13-7(12)8(2,3)5-6-10-11-9/h3-4,6H2,1-2H3;4-6H2,1-3H3. The number of azide groups is 2. The molecule has 0 aromatic carbocycles. The molecular weight excluding hydrogens is 338 g/mol. The number of Topliss-reactive ketones (excluding diaryl/α,β-unsaturated/α-hetero) is 1. The Balaban J connectivity index is 0. The largest absolute Gasteiger partial charge is 0.466 e. The third kappa shape index (κ3) is 11.7. The summed E-state index contributed by atoms with van der Waals surface area (Å²) in [6.07, 6.45) is 0.913. The topological polar surface area (TPSA) is 165 Å². The molecule has 0 aromatic rings. The third-order valence-corrected chi connectivity index (χ3v) is 3.62. The fourth-order valence-electron chi connectivity index (χ4n) is 1.63. The van der Waals surface area contributed by atoms with Gasteiger partial charge in [0.1, 0.15) is 0 Å². The number of ether oxygens (including phenoxy) is 1. The molecule has 0 saturated carbocycles. The zero-order chi connectivity index (χ0) is 20.6. The minimum Gasteiger partial charge on any atom is -0.466 e. The van der Waals surface area contributed by atoms with E-state index in [0.29, 0.717) is 32.5 Å². The molecule has 0 fully saturated rings. The molecule has 0 saturated heterocycles. The highest BCUT2D eigenvalue weighted by Crippen LogP contribution is 2.23. The third-order valence-electron chi connectivity index (χ3n) is 3.62. The van der Waals surface area contributed by atoms with Crippen LogP contribution < -0.4 is 0 Å². The fraction of sp³-hybridized carbons (Fsp3) is 0.812. The van der Waals surface area contributed by atoms with Crippen molar-refractivity contribution in [2.24, 2.45) is 21.1 Å². The average Bonchev–Trinajstić information content (AvgIpc) is 2.56. The highest BCUT2D eigenvalue weighted by molar-refractivity contribution is 5.85. The van der Waals surface area contributed by atoms with Crippen molar-refractivity contribution in [2.75, 3.05) is 19.7 Å². The molecule has 0 N–H and O–H groups in total. The van der Waals surface area contributed by atoms with E-state index in [0.717, 1.165) is 0 Å². The molecule has 0 atom stereocenters. The van der Waals surface area contributed by atoms with Gasteiger partial charge in [-0.2, -0.15) is 5.26 Å². The van der Waals surface area contributed by atoms with Gasteiger partial charge in [0, 0.05) is 28.3 Å². The molecule has 0 heterocycles. The maximum Gasteiger partial charge on any atom is 0.311 e. The lowest BCUT2D eigenvalue weighted by Crippen LogP contribution is -2.27. The van der Waals surface area contributed by atoms with Crippen molar-refractivity contribution in [3.8, 4) is 6.07 Å². The van der Waals surface area contributed by atoms with E-state index in [2.05, 4.69) is 20.1 Å². The summed E-state index contributed by atoms with van der Waals surface area (Å²) < 4.78 is 4.86. The maximum absolute atomic E-state index is 11.3. The Hall–Kier alpha value is -2.75. The number of nitrogens with zero attached hydrogens (tertiary/aromatic N) is 7. The molecule has 0 aliphatic carbocycles. The van der Waals surface area contributed by atoms with Crippen molar-refractivity contribution in [1.82, 2.24) is 0 Å². The smallest absolute Gasteiger partial charge is 0.311 e. The van der Waals surface area contributed by atoms with Crippen LogP contribution in [0.3, 0.4) is 0 Å². The van der Waals surface area contributed by atoms with E-state index in [1.54, 1.807) is 34.6 Å². The van der Waals surface area contributed by atoms with Gasteiger partial charge in [-0.1, -0.05) is 24.1 Å². The highest BCUT2D eigenvalue weighted by Gasteiger charge is 2.28. The lowest BCUT2D eigenvalue weighted by Gasteiger charge is -2.20. The summed E-state index contributed by atoms with van der Waals surface area (Å²) in [6, 6.07) is 1.81. The van der Waals surface area contributed by atoms with Gasteiger partial charge in [-0.15, -0.1) is 0 Å². The number of carbonyl (C=O) groups excluding carboxylic acids is 2. The van der Waals surface area contributed by atoms with Gasteiger partial charge in [-0.25, -0.2) is 0 Å². The Labute approximate surface area is 153 Å². The summed E-state index contributed by atoms with van der Waals surface area (Å²) in [5.74, 6) is -0.355. The maximum atomic E-state index is 11.3. The van der Waals surface area contributed by atoms with Crippen molar-refractivity contribution >= 4 is 11.8 Å². The van der Waals surface area contributed by atoms with Crippen LogP contribution >= 0.6 is 0 Å². The first kappa shape index (κ1) is 25.5. The lowest BCUT2D eigenvalue weighted by molar-refractivity contribution is -0.153. The normalized spacial score (nSPS) is 10.2. The van der Waals surface area contributed by atoms with Crippen molar-refractivity contribution < 1.29 is 14.3 Å². The van der Waals surface area contributed by atoms with E-state index >= 15 is 0 Å². The van der Waals surface area contributed by atoms with Crippen LogP contribution in [0.5, 0.6) is 0 Å². The second-order valence-corrected chi connectivity index (χ2v) is 6.66. The SMILES string of the molecule is CC(C)(CCN=[N+]=[N-])C(=O)CC#N.CCOC(=O)C(C)(C)CCN=[N+]=[N-]. The number of rotatable bonds is 10. The van der Waals surface area contributed by atoms with Crippen molar-refractivity contribution in [3.63, 3.8) is 0 Å².